The maximum absolute atomic E-state index is 11.8. The maximum atomic E-state index is 11.8. The molecule has 0 atom stereocenters. The molecule has 0 saturated heterocycles. The molecule has 0 unspecified atom stereocenters. The van der Waals surface area contributed by atoms with Crippen LogP contribution in [0.5, 0.6) is 0 Å². The lowest BCUT2D eigenvalue weighted by molar-refractivity contribution is 0.388. The standard InChI is InChI=1S/C10H10ClN3O3/c1-6-3-7(12-17-6)5-14-8(11)4-9(15)13(2)10(14)16/h3-4H,5H2,1-2H3. The van der Waals surface area contributed by atoms with Gasteiger partial charge in [0.15, 0.2) is 0 Å². The van der Waals surface area contributed by atoms with E-state index in [1.165, 1.54) is 17.7 Å². The number of hydrogen-bond donors (Lipinski definition) is 0. The molecule has 90 valence electrons. The third kappa shape index (κ3) is 2.16. The van der Waals surface area contributed by atoms with Crippen LogP contribution in [0.3, 0.4) is 0 Å². The molecule has 0 aliphatic heterocycles. The molecule has 0 fully saturated rings. The zero-order chi connectivity index (χ0) is 12.6. The minimum Gasteiger partial charge on any atom is -0.361 e. The topological polar surface area (TPSA) is 70.0 Å². The second-order valence-corrected chi connectivity index (χ2v) is 4.05. The molecule has 0 spiro atoms. The lowest BCUT2D eigenvalue weighted by atomic mass is 10.4. The molecule has 17 heavy (non-hydrogen) atoms. The molecule has 0 N–H and O–H groups in total. The number of rotatable bonds is 2. The van der Waals surface area contributed by atoms with E-state index in [9.17, 15) is 9.59 Å². The summed E-state index contributed by atoms with van der Waals surface area (Å²) >= 11 is 5.85. The van der Waals surface area contributed by atoms with Crippen molar-refractivity contribution in [3.8, 4) is 0 Å². The molecule has 0 saturated carbocycles. The molecule has 0 bridgehead atoms. The average Bonchev–Trinajstić information content (AvgIpc) is 2.67. The van der Waals surface area contributed by atoms with E-state index < -0.39 is 11.2 Å². The van der Waals surface area contributed by atoms with Gasteiger partial charge in [0.2, 0.25) is 0 Å². The van der Waals surface area contributed by atoms with E-state index in [4.69, 9.17) is 16.1 Å². The van der Waals surface area contributed by atoms with Crippen LogP contribution in [0.15, 0.2) is 26.2 Å². The molecule has 2 heterocycles. The first-order valence-corrected chi connectivity index (χ1v) is 5.25. The number of hydrogen-bond acceptors (Lipinski definition) is 4. The summed E-state index contributed by atoms with van der Waals surface area (Å²) in [6.07, 6.45) is 0. The van der Waals surface area contributed by atoms with Crippen molar-refractivity contribution < 1.29 is 4.52 Å². The fourth-order valence-corrected chi connectivity index (χ4v) is 1.67. The van der Waals surface area contributed by atoms with Gasteiger partial charge in [-0.1, -0.05) is 16.8 Å². The third-order valence-electron chi connectivity index (χ3n) is 2.35. The van der Waals surface area contributed by atoms with Gasteiger partial charge < -0.3 is 4.52 Å². The Hall–Kier alpha value is -1.82. The van der Waals surface area contributed by atoms with Gasteiger partial charge in [0.05, 0.1) is 6.54 Å². The SMILES string of the molecule is Cc1cc(Cn2c(Cl)cc(=O)n(C)c2=O)no1. The molecule has 0 aliphatic carbocycles. The zero-order valence-corrected chi connectivity index (χ0v) is 10.1. The molecule has 2 rings (SSSR count). The van der Waals surface area contributed by atoms with Crippen molar-refractivity contribution in [1.29, 1.82) is 0 Å². The van der Waals surface area contributed by atoms with Crippen LogP contribution in [-0.4, -0.2) is 14.3 Å². The third-order valence-corrected chi connectivity index (χ3v) is 2.66. The number of nitrogens with zero attached hydrogens (tertiary/aromatic N) is 3. The highest BCUT2D eigenvalue weighted by Gasteiger charge is 2.10. The highest BCUT2D eigenvalue weighted by molar-refractivity contribution is 6.29. The van der Waals surface area contributed by atoms with Crippen LogP contribution < -0.4 is 11.2 Å². The van der Waals surface area contributed by atoms with E-state index in [0.717, 1.165) is 4.57 Å². The Balaban J connectivity index is 2.50. The minimum absolute atomic E-state index is 0.0822. The van der Waals surface area contributed by atoms with Crippen LogP contribution in [0.4, 0.5) is 0 Å². The summed E-state index contributed by atoms with van der Waals surface area (Å²) in [4.78, 5) is 23.1. The van der Waals surface area contributed by atoms with Crippen LogP contribution in [0.2, 0.25) is 5.15 Å². The summed E-state index contributed by atoms with van der Waals surface area (Å²) in [6.45, 7) is 1.92. The molecular formula is C10H10ClN3O3. The van der Waals surface area contributed by atoms with Crippen LogP contribution in [0.1, 0.15) is 11.5 Å². The average molecular weight is 256 g/mol. The fraction of sp³-hybridized carbons (Fsp3) is 0.300. The second-order valence-electron chi connectivity index (χ2n) is 3.66. The van der Waals surface area contributed by atoms with Gasteiger partial charge in [-0.15, -0.1) is 0 Å². The quantitative estimate of drug-likeness (QED) is 0.735. The van der Waals surface area contributed by atoms with Crippen molar-refractivity contribution in [2.45, 2.75) is 13.5 Å². The predicted molar refractivity (Wildman–Crippen MR) is 61.3 cm³/mol. The summed E-state index contributed by atoms with van der Waals surface area (Å²) in [5, 5.41) is 3.85. The van der Waals surface area contributed by atoms with Crippen LogP contribution in [0.25, 0.3) is 0 Å². The van der Waals surface area contributed by atoms with Crippen molar-refractivity contribution in [2.24, 2.45) is 7.05 Å². The predicted octanol–water partition coefficient (Wildman–Crippen LogP) is 0.545. The summed E-state index contributed by atoms with van der Waals surface area (Å²) in [5.41, 5.74) is -0.346. The largest absolute Gasteiger partial charge is 0.361 e. The zero-order valence-electron chi connectivity index (χ0n) is 9.31. The minimum atomic E-state index is -0.483. The first kappa shape index (κ1) is 11.7. The van der Waals surface area contributed by atoms with E-state index >= 15 is 0 Å². The van der Waals surface area contributed by atoms with Crippen LogP contribution in [0, 0.1) is 6.92 Å². The molecule has 2 aromatic heterocycles. The molecule has 0 aliphatic rings. The Morgan fingerprint density at radius 2 is 2.12 bits per heavy atom. The van der Waals surface area contributed by atoms with Crippen molar-refractivity contribution in [2.75, 3.05) is 0 Å². The summed E-state index contributed by atoms with van der Waals surface area (Å²) in [6, 6.07) is 2.89. The fourth-order valence-electron chi connectivity index (χ4n) is 1.44. The van der Waals surface area contributed by atoms with Gasteiger partial charge >= 0.3 is 5.69 Å². The number of aromatic nitrogens is 3. The number of aryl methyl sites for hydroxylation is 1. The van der Waals surface area contributed by atoms with Gasteiger partial charge in [0.1, 0.15) is 16.6 Å². The first-order valence-electron chi connectivity index (χ1n) is 4.87. The normalized spacial score (nSPS) is 10.8. The van der Waals surface area contributed by atoms with Crippen molar-refractivity contribution >= 4 is 11.6 Å². The number of halogens is 1. The van der Waals surface area contributed by atoms with Crippen molar-refractivity contribution in [1.82, 2.24) is 14.3 Å². The van der Waals surface area contributed by atoms with Crippen molar-refractivity contribution in [3.63, 3.8) is 0 Å². The highest BCUT2D eigenvalue weighted by Crippen LogP contribution is 2.07. The monoisotopic (exact) mass is 255 g/mol. The Labute approximate surface area is 101 Å². The van der Waals surface area contributed by atoms with E-state index in [1.807, 2.05) is 0 Å². The van der Waals surface area contributed by atoms with Gasteiger partial charge in [-0.25, -0.2) is 4.79 Å². The Kier molecular flexibility index (Phi) is 2.89. The Morgan fingerprint density at radius 3 is 2.71 bits per heavy atom. The van der Waals surface area contributed by atoms with Crippen LogP contribution in [-0.2, 0) is 13.6 Å². The van der Waals surface area contributed by atoms with E-state index in [2.05, 4.69) is 5.16 Å². The van der Waals surface area contributed by atoms with E-state index in [0.29, 0.717) is 11.5 Å². The molecule has 6 nitrogen and oxygen atoms in total. The molecular weight excluding hydrogens is 246 g/mol. The Morgan fingerprint density at radius 1 is 1.41 bits per heavy atom. The highest BCUT2D eigenvalue weighted by atomic mass is 35.5. The lowest BCUT2D eigenvalue weighted by Crippen LogP contribution is -2.38. The van der Waals surface area contributed by atoms with Gasteiger partial charge in [-0.3, -0.25) is 13.9 Å². The molecule has 0 amide bonds. The molecule has 0 aromatic carbocycles. The van der Waals surface area contributed by atoms with Gasteiger partial charge in [0.25, 0.3) is 5.56 Å². The van der Waals surface area contributed by atoms with E-state index in [-0.39, 0.29) is 11.7 Å². The summed E-state index contributed by atoms with van der Waals surface area (Å²) in [7, 11) is 1.39. The molecule has 7 heteroatoms. The lowest BCUT2D eigenvalue weighted by Gasteiger charge is -2.07. The van der Waals surface area contributed by atoms with E-state index in [1.54, 1.807) is 13.0 Å². The van der Waals surface area contributed by atoms with Gasteiger partial charge in [0, 0.05) is 19.2 Å². The maximum Gasteiger partial charge on any atom is 0.332 e. The van der Waals surface area contributed by atoms with Gasteiger partial charge in [-0.2, -0.15) is 0 Å². The van der Waals surface area contributed by atoms with Crippen LogP contribution >= 0.6 is 11.6 Å². The smallest absolute Gasteiger partial charge is 0.332 e. The summed E-state index contributed by atoms with van der Waals surface area (Å²) < 4.78 is 7.13. The first-order chi connectivity index (χ1) is 7.99. The van der Waals surface area contributed by atoms with Crippen molar-refractivity contribution in [3.05, 3.63) is 49.6 Å². The Bertz CT molecular complexity index is 668. The van der Waals surface area contributed by atoms with Gasteiger partial charge in [-0.05, 0) is 6.92 Å². The molecule has 2 aromatic rings. The molecule has 0 radical (unpaired) electrons. The summed E-state index contributed by atoms with van der Waals surface area (Å²) in [5.74, 6) is 0.647. The second kappa shape index (κ2) is 4.21.